The topological polar surface area (TPSA) is 61.4 Å². The summed E-state index contributed by atoms with van der Waals surface area (Å²) in [6, 6.07) is 9.86. The number of hydrogen-bond acceptors (Lipinski definition) is 4. The highest BCUT2D eigenvalue weighted by Gasteiger charge is 2.28. The van der Waals surface area contributed by atoms with Gasteiger partial charge in [0.2, 0.25) is 5.91 Å². The first-order valence-electron chi connectivity index (χ1n) is 7.00. The van der Waals surface area contributed by atoms with Crippen molar-refractivity contribution in [2.45, 2.75) is 25.6 Å². The number of thioether (sulfide) groups is 1. The minimum absolute atomic E-state index is 0.0358. The lowest BCUT2D eigenvalue weighted by Gasteiger charge is -2.23. The van der Waals surface area contributed by atoms with E-state index in [2.05, 4.69) is 27.7 Å². The van der Waals surface area contributed by atoms with E-state index in [0.717, 1.165) is 24.9 Å². The Morgan fingerprint density at radius 1 is 1.48 bits per heavy atom. The first-order chi connectivity index (χ1) is 10.0. The molecule has 0 aliphatic carbocycles. The molecular weight excluding hydrogens is 286 g/mol. The zero-order valence-electron chi connectivity index (χ0n) is 12.3. The molecule has 1 heterocycles. The normalized spacial score (nSPS) is 19.4. The zero-order chi connectivity index (χ0) is 15.2. The molecule has 1 aliphatic heterocycles. The molecule has 6 heteroatoms. The van der Waals surface area contributed by atoms with E-state index < -0.39 is 6.04 Å². The van der Waals surface area contributed by atoms with Crippen LogP contribution in [0.25, 0.3) is 0 Å². The van der Waals surface area contributed by atoms with Crippen LogP contribution in [0.1, 0.15) is 12.5 Å². The molecule has 0 spiro atoms. The maximum absolute atomic E-state index is 12.0. The monoisotopic (exact) mass is 307 g/mol. The molecule has 0 bridgehead atoms. The molecule has 1 aromatic rings. The van der Waals surface area contributed by atoms with Gasteiger partial charge in [-0.05, 0) is 19.5 Å². The van der Waals surface area contributed by atoms with Crippen molar-refractivity contribution in [1.29, 1.82) is 0 Å². The fourth-order valence-electron chi connectivity index (χ4n) is 2.34. The molecule has 5 nitrogen and oxygen atoms in total. The van der Waals surface area contributed by atoms with Crippen molar-refractivity contribution in [2.24, 2.45) is 0 Å². The maximum Gasteiger partial charge on any atom is 0.279 e. The van der Waals surface area contributed by atoms with Crippen molar-refractivity contribution in [3.63, 3.8) is 0 Å². The van der Waals surface area contributed by atoms with E-state index in [4.69, 9.17) is 0 Å². The number of hydrogen-bond donors (Lipinski definition) is 2. The Hall–Kier alpha value is -1.53. The Labute approximate surface area is 129 Å². The second-order valence-corrected chi connectivity index (χ2v) is 6.38. The lowest BCUT2D eigenvalue weighted by Crippen LogP contribution is -2.48. The van der Waals surface area contributed by atoms with Gasteiger partial charge in [0, 0.05) is 24.9 Å². The summed E-state index contributed by atoms with van der Waals surface area (Å²) in [5.41, 5.74) is 1.25. The first kappa shape index (κ1) is 15.9. The quantitative estimate of drug-likeness (QED) is 0.835. The number of benzene rings is 1. The van der Waals surface area contributed by atoms with E-state index in [1.807, 2.05) is 32.2 Å². The molecule has 21 heavy (non-hydrogen) atoms. The Balaban J connectivity index is 1.74. The van der Waals surface area contributed by atoms with Crippen LogP contribution < -0.4 is 10.6 Å². The summed E-state index contributed by atoms with van der Waals surface area (Å²) in [6.07, 6.45) is 0. The van der Waals surface area contributed by atoms with Crippen molar-refractivity contribution in [1.82, 2.24) is 15.5 Å². The standard InChI is InChI=1S/C15H21N3O2S/c1-11(16-14(19)13-10-21-15(20)17-13)8-18(2)9-12-6-4-3-5-7-12/h3-7,11,13H,8-10H2,1-2H3,(H,16,19)(H,17,20)/t11-,13-/m1/s1. The molecule has 1 aromatic carbocycles. The van der Waals surface area contributed by atoms with E-state index in [1.165, 1.54) is 5.56 Å². The van der Waals surface area contributed by atoms with Gasteiger partial charge in [-0.2, -0.15) is 0 Å². The largest absolute Gasteiger partial charge is 0.351 e. The zero-order valence-corrected chi connectivity index (χ0v) is 13.2. The van der Waals surface area contributed by atoms with Gasteiger partial charge in [-0.3, -0.25) is 9.59 Å². The molecule has 0 aromatic heterocycles. The molecule has 2 rings (SSSR count). The van der Waals surface area contributed by atoms with Crippen LogP contribution in [0.5, 0.6) is 0 Å². The number of carbonyl (C=O) groups excluding carboxylic acids is 2. The molecule has 1 fully saturated rings. The number of amides is 2. The van der Waals surface area contributed by atoms with Gasteiger partial charge in [-0.15, -0.1) is 0 Å². The van der Waals surface area contributed by atoms with Crippen LogP contribution in [0.15, 0.2) is 30.3 Å². The lowest BCUT2D eigenvalue weighted by molar-refractivity contribution is -0.123. The highest BCUT2D eigenvalue weighted by atomic mass is 32.2. The van der Waals surface area contributed by atoms with Gasteiger partial charge in [0.05, 0.1) is 0 Å². The summed E-state index contributed by atoms with van der Waals surface area (Å²) in [5, 5.41) is 5.48. The second kappa shape index (κ2) is 7.47. The van der Waals surface area contributed by atoms with Crippen LogP contribution in [-0.4, -0.2) is 47.5 Å². The fourth-order valence-corrected chi connectivity index (χ4v) is 3.12. The highest BCUT2D eigenvalue weighted by molar-refractivity contribution is 8.14. The van der Waals surface area contributed by atoms with Gasteiger partial charge in [0.25, 0.3) is 5.24 Å². The second-order valence-electron chi connectivity index (χ2n) is 5.39. The van der Waals surface area contributed by atoms with Gasteiger partial charge in [0.1, 0.15) is 6.04 Å². The molecule has 0 unspecified atom stereocenters. The Bertz CT molecular complexity index is 495. The first-order valence-corrected chi connectivity index (χ1v) is 7.99. The van der Waals surface area contributed by atoms with Crippen LogP contribution in [0, 0.1) is 0 Å². The Morgan fingerprint density at radius 3 is 2.81 bits per heavy atom. The Morgan fingerprint density at radius 2 is 2.19 bits per heavy atom. The van der Waals surface area contributed by atoms with Crippen LogP contribution in [0.2, 0.25) is 0 Å². The minimum atomic E-state index is -0.399. The molecule has 114 valence electrons. The minimum Gasteiger partial charge on any atom is -0.351 e. The summed E-state index contributed by atoms with van der Waals surface area (Å²) in [6.45, 7) is 3.58. The van der Waals surface area contributed by atoms with Gasteiger partial charge in [-0.1, -0.05) is 42.1 Å². The van der Waals surface area contributed by atoms with E-state index in [-0.39, 0.29) is 17.2 Å². The van der Waals surface area contributed by atoms with Gasteiger partial charge in [-0.25, -0.2) is 0 Å². The average molecular weight is 307 g/mol. The van der Waals surface area contributed by atoms with E-state index in [1.54, 1.807) is 0 Å². The van der Waals surface area contributed by atoms with Crippen molar-refractivity contribution >= 4 is 22.9 Å². The van der Waals surface area contributed by atoms with Gasteiger partial charge < -0.3 is 15.5 Å². The smallest absolute Gasteiger partial charge is 0.279 e. The Kier molecular flexibility index (Phi) is 5.64. The van der Waals surface area contributed by atoms with E-state index >= 15 is 0 Å². The third-order valence-electron chi connectivity index (χ3n) is 3.26. The van der Waals surface area contributed by atoms with Crippen molar-refractivity contribution < 1.29 is 9.59 Å². The third kappa shape index (κ3) is 5.06. The number of nitrogens with one attached hydrogen (secondary N) is 2. The van der Waals surface area contributed by atoms with Crippen LogP contribution >= 0.6 is 11.8 Å². The predicted octanol–water partition coefficient (Wildman–Crippen LogP) is 1.45. The van der Waals surface area contributed by atoms with E-state index in [0.29, 0.717) is 5.75 Å². The molecular formula is C15H21N3O2S. The van der Waals surface area contributed by atoms with Crippen molar-refractivity contribution in [3.8, 4) is 0 Å². The van der Waals surface area contributed by atoms with Gasteiger partial charge >= 0.3 is 0 Å². The lowest BCUT2D eigenvalue weighted by atomic mass is 10.2. The number of likely N-dealkylation sites (N-methyl/N-ethyl adjacent to an activating group) is 1. The van der Waals surface area contributed by atoms with Crippen LogP contribution in [-0.2, 0) is 11.3 Å². The number of carbonyl (C=O) groups is 2. The summed E-state index contributed by atoms with van der Waals surface area (Å²) >= 11 is 1.16. The summed E-state index contributed by atoms with van der Waals surface area (Å²) in [4.78, 5) is 25.2. The fraction of sp³-hybridized carbons (Fsp3) is 0.467. The average Bonchev–Trinajstić information content (AvgIpc) is 2.86. The van der Waals surface area contributed by atoms with Crippen molar-refractivity contribution in [3.05, 3.63) is 35.9 Å². The number of nitrogens with zero attached hydrogens (tertiary/aromatic N) is 1. The summed E-state index contributed by atoms with van der Waals surface area (Å²) < 4.78 is 0. The van der Waals surface area contributed by atoms with Crippen molar-refractivity contribution in [2.75, 3.05) is 19.3 Å². The number of rotatable bonds is 6. The molecule has 2 N–H and O–H groups in total. The van der Waals surface area contributed by atoms with Crippen LogP contribution in [0.3, 0.4) is 0 Å². The van der Waals surface area contributed by atoms with Crippen LogP contribution in [0.4, 0.5) is 4.79 Å². The van der Waals surface area contributed by atoms with Gasteiger partial charge in [0.15, 0.2) is 0 Å². The molecule has 2 atom stereocenters. The maximum atomic E-state index is 12.0. The summed E-state index contributed by atoms with van der Waals surface area (Å²) in [7, 11) is 2.03. The van der Waals surface area contributed by atoms with E-state index in [9.17, 15) is 9.59 Å². The molecule has 0 radical (unpaired) electrons. The molecule has 2 amide bonds. The molecule has 1 aliphatic rings. The highest BCUT2D eigenvalue weighted by Crippen LogP contribution is 2.13. The molecule has 1 saturated heterocycles. The summed E-state index contributed by atoms with van der Waals surface area (Å²) in [5.74, 6) is 0.408. The molecule has 0 saturated carbocycles. The SMILES string of the molecule is C[C@H](CN(C)Cc1ccccc1)NC(=O)[C@H]1CSC(=O)N1. The predicted molar refractivity (Wildman–Crippen MR) is 85.2 cm³/mol. The third-order valence-corrected chi connectivity index (χ3v) is 4.14.